The fraction of sp³-hybridized carbons (Fsp3) is 0.690. The number of amides is 2. The summed E-state index contributed by atoms with van der Waals surface area (Å²) >= 11 is 0. The Balaban J connectivity index is 1.30. The van der Waals surface area contributed by atoms with E-state index < -0.39 is 11.7 Å². The van der Waals surface area contributed by atoms with E-state index >= 15 is 0 Å². The number of carbonyl (C=O) groups excluding carboxylic acids is 2. The first kappa shape index (κ1) is 25.0. The van der Waals surface area contributed by atoms with Crippen molar-refractivity contribution in [1.82, 2.24) is 10.6 Å². The summed E-state index contributed by atoms with van der Waals surface area (Å²) in [5.74, 6) is -0.114. The Morgan fingerprint density at radius 3 is 2.53 bits per heavy atom. The molecule has 0 aromatic heterocycles. The molecule has 2 N–H and O–H groups in total. The van der Waals surface area contributed by atoms with E-state index in [-0.39, 0.29) is 58.1 Å². The smallest absolute Gasteiger partial charge is 0.253 e. The Morgan fingerprint density at radius 2 is 1.86 bits per heavy atom. The first-order valence-electron chi connectivity index (χ1n) is 13.8. The van der Waals surface area contributed by atoms with Gasteiger partial charge in [0.25, 0.3) is 5.91 Å². The van der Waals surface area contributed by atoms with Gasteiger partial charge in [-0.3, -0.25) is 9.59 Å². The number of fused-ring (bicyclic) bond motifs is 2. The van der Waals surface area contributed by atoms with Crippen LogP contribution in [0.25, 0.3) is 0 Å². The molecular formula is C29H38FN3O3. The van der Waals surface area contributed by atoms with Crippen LogP contribution in [0.3, 0.4) is 0 Å². The predicted molar refractivity (Wildman–Crippen MR) is 134 cm³/mol. The van der Waals surface area contributed by atoms with Gasteiger partial charge >= 0.3 is 0 Å². The third-order valence-corrected chi connectivity index (χ3v) is 9.46. The summed E-state index contributed by atoms with van der Waals surface area (Å²) in [6, 6.07) is 4.16. The molecule has 1 aromatic rings. The molecule has 7 heteroatoms. The number of hydrogen-bond acceptors (Lipinski definition) is 4. The molecule has 1 aromatic carbocycles. The summed E-state index contributed by atoms with van der Waals surface area (Å²) in [4.78, 5) is 26.7. The number of nitrogens with one attached hydrogen (secondary N) is 2. The predicted octanol–water partition coefficient (Wildman–Crippen LogP) is 5.11. The molecule has 0 heterocycles. The lowest BCUT2D eigenvalue weighted by molar-refractivity contribution is -0.128. The molecule has 0 spiro atoms. The lowest BCUT2D eigenvalue weighted by Crippen LogP contribution is -2.51. The van der Waals surface area contributed by atoms with Crippen LogP contribution in [0, 0.1) is 46.2 Å². The molecule has 2 amide bonds. The van der Waals surface area contributed by atoms with Gasteiger partial charge in [0, 0.05) is 12.6 Å². The molecule has 0 saturated heterocycles. The average molecular weight is 496 g/mol. The zero-order valence-electron chi connectivity index (χ0n) is 21.4. The minimum atomic E-state index is -0.622. The molecule has 194 valence electrons. The third kappa shape index (κ3) is 4.96. The van der Waals surface area contributed by atoms with Gasteiger partial charge in [0.15, 0.2) is 11.6 Å². The molecule has 0 unspecified atom stereocenters. The molecule has 4 fully saturated rings. The second kappa shape index (κ2) is 10.0. The molecular weight excluding hydrogens is 457 g/mol. The minimum Gasteiger partial charge on any atom is -0.487 e. The van der Waals surface area contributed by atoms with Crippen LogP contribution in [0.2, 0.25) is 0 Å². The van der Waals surface area contributed by atoms with E-state index in [1.54, 1.807) is 0 Å². The van der Waals surface area contributed by atoms with E-state index in [2.05, 4.69) is 24.5 Å². The van der Waals surface area contributed by atoms with Crippen LogP contribution in [0.5, 0.6) is 5.75 Å². The van der Waals surface area contributed by atoms with Crippen molar-refractivity contribution in [3.63, 3.8) is 0 Å². The maximum Gasteiger partial charge on any atom is 0.253 e. The number of nitriles is 1. The number of nitrogens with zero attached hydrogens (tertiary/aromatic N) is 1. The van der Waals surface area contributed by atoms with Crippen molar-refractivity contribution in [2.75, 3.05) is 6.54 Å². The van der Waals surface area contributed by atoms with Crippen LogP contribution in [0.15, 0.2) is 12.1 Å². The maximum absolute atomic E-state index is 14.8. The number of halogens is 1. The van der Waals surface area contributed by atoms with Crippen LogP contribution in [-0.2, 0) is 4.79 Å². The number of rotatable bonds is 7. The highest BCUT2D eigenvalue weighted by molar-refractivity contribution is 5.97. The van der Waals surface area contributed by atoms with E-state index in [0.717, 1.165) is 63.9 Å². The van der Waals surface area contributed by atoms with Gasteiger partial charge in [-0.25, -0.2) is 4.39 Å². The standard InChI is InChI=1S/C29H38FN3O3/c1-17-4-8-21(9-5-17)36-24-14-22(20(15-31)13-23(24)30)27(34)33-26-19-7-6-18(12-19)25(26)28(35)32-16-29(2)10-3-11-29/h13-14,17-19,21,25-26H,3-12,16H2,1-2H3,(H,32,35)(H,33,34)/t17-,18-,19+,21-,25+,26-/m1/s1. The van der Waals surface area contributed by atoms with E-state index in [1.165, 1.54) is 12.5 Å². The van der Waals surface area contributed by atoms with Crippen molar-refractivity contribution in [1.29, 1.82) is 5.26 Å². The van der Waals surface area contributed by atoms with E-state index in [1.807, 2.05) is 6.07 Å². The highest BCUT2D eigenvalue weighted by atomic mass is 19.1. The fourth-order valence-corrected chi connectivity index (χ4v) is 6.93. The Bertz CT molecular complexity index is 1050. The Kier molecular flexibility index (Phi) is 6.98. The van der Waals surface area contributed by atoms with Gasteiger partial charge in [-0.05, 0) is 93.1 Å². The maximum atomic E-state index is 14.8. The second-order valence-corrected chi connectivity index (χ2v) is 12.2. The monoisotopic (exact) mass is 495 g/mol. The summed E-state index contributed by atoms with van der Waals surface area (Å²) in [7, 11) is 0. The van der Waals surface area contributed by atoms with Gasteiger partial charge in [-0.1, -0.05) is 20.3 Å². The van der Waals surface area contributed by atoms with Crippen molar-refractivity contribution >= 4 is 11.8 Å². The highest BCUT2D eigenvalue weighted by Crippen LogP contribution is 2.49. The fourth-order valence-electron chi connectivity index (χ4n) is 6.93. The average Bonchev–Trinajstić information content (AvgIpc) is 3.45. The molecule has 4 aliphatic carbocycles. The van der Waals surface area contributed by atoms with Gasteiger partial charge in [0.2, 0.25) is 5.91 Å². The summed E-state index contributed by atoms with van der Waals surface area (Å²) in [5, 5.41) is 15.9. The number of hydrogen-bond donors (Lipinski definition) is 2. The van der Waals surface area contributed by atoms with Crippen LogP contribution in [0.4, 0.5) is 4.39 Å². The Labute approximate surface area is 213 Å². The highest BCUT2D eigenvalue weighted by Gasteiger charge is 2.51. The molecule has 5 rings (SSSR count). The Morgan fingerprint density at radius 1 is 1.14 bits per heavy atom. The minimum absolute atomic E-state index is 0.0170. The lowest BCUT2D eigenvalue weighted by atomic mass is 9.70. The van der Waals surface area contributed by atoms with Crippen molar-refractivity contribution in [3.8, 4) is 11.8 Å². The van der Waals surface area contributed by atoms with Crippen LogP contribution in [-0.4, -0.2) is 30.5 Å². The quantitative estimate of drug-likeness (QED) is 0.550. The first-order chi connectivity index (χ1) is 17.3. The van der Waals surface area contributed by atoms with E-state index in [9.17, 15) is 19.2 Å². The van der Waals surface area contributed by atoms with Gasteiger partial charge in [-0.2, -0.15) is 5.26 Å². The molecule has 4 saturated carbocycles. The van der Waals surface area contributed by atoms with Crippen molar-refractivity contribution < 1.29 is 18.7 Å². The summed E-state index contributed by atoms with van der Waals surface area (Å²) in [5.41, 5.74) is 0.285. The van der Waals surface area contributed by atoms with E-state index in [4.69, 9.17) is 4.74 Å². The zero-order chi connectivity index (χ0) is 25.4. The van der Waals surface area contributed by atoms with Crippen LogP contribution >= 0.6 is 0 Å². The second-order valence-electron chi connectivity index (χ2n) is 12.2. The molecule has 36 heavy (non-hydrogen) atoms. The van der Waals surface area contributed by atoms with Crippen LogP contribution in [0.1, 0.15) is 94.0 Å². The normalized spacial score (nSPS) is 32.3. The van der Waals surface area contributed by atoms with Crippen LogP contribution < -0.4 is 15.4 Å². The molecule has 0 aliphatic heterocycles. The van der Waals surface area contributed by atoms with Gasteiger partial charge in [-0.15, -0.1) is 0 Å². The summed E-state index contributed by atoms with van der Waals surface area (Å²) in [6.07, 6.45) is 10.1. The van der Waals surface area contributed by atoms with Crippen molar-refractivity contribution in [3.05, 3.63) is 29.1 Å². The molecule has 2 bridgehead atoms. The summed E-state index contributed by atoms with van der Waals surface area (Å²) in [6.45, 7) is 5.09. The number of ether oxygens (including phenoxy) is 1. The largest absolute Gasteiger partial charge is 0.487 e. The zero-order valence-corrected chi connectivity index (χ0v) is 21.4. The lowest BCUT2D eigenvalue weighted by Gasteiger charge is -2.39. The topological polar surface area (TPSA) is 91.2 Å². The molecule has 4 aliphatic rings. The van der Waals surface area contributed by atoms with Gasteiger partial charge in [0.05, 0.1) is 23.1 Å². The first-order valence-corrected chi connectivity index (χ1v) is 13.8. The summed E-state index contributed by atoms with van der Waals surface area (Å²) < 4.78 is 20.7. The molecule has 6 nitrogen and oxygen atoms in total. The number of carbonyl (C=O) groups is 2. The van der Waals surface area contributed by atoms with Crippen molar-refractivity contribution in [2.24, 2.45) is 29.1 Å². The van der Waals surface area contributed by atoms with E-state index in [0.29, 0.717) is 12.5 Å². The van der Waals surface area contributed by atoms with Gasteiger partial charge < -0.3 is 15.4 Å². The third-order valence-electron chi connectivity index (χ3n) is 9.46. The van der Waals surface area contributed by atoms with Crippen molar-refractivity contribution in [2.45, 2.75) is 90.2 Å². The SMILES string of the molecule is CC1(CNC(=O)[C@H]2[C@@H]3CC[C@@H](C3)[C@H]2NC(=O)c2cc(O[C@H]3CC[C@H](C)CC3)c(F)cc2C#N)CCC1. The Hall–Kier alpha value is -2.62. The molecule has 4 atom stereocenters. The van der Waals surface area contributed by atoms with Gasteiger partial charge in [0.1, 0.15) is 6.07 Å². The number of benzene rings is 1. The molecule has 0 radical (unpaired) electrons.